The molecule has 21 heavy (non-hydrogen) atoms. The summed E-state index contributed by atoms with van der Waals surface area (Å²) in [5, 5.41) is 5.24. The van der Waals surface area contributed by atoms with Gasteiger partial charge in [-0.25, -0.2) is 0 Å². The van der Waals surface area contributed by atoms with Gasteiger partial charge in [0.25, 0.3) is 0 Å². The highest BCUT2D eigenvalue weighted by Gasteiger charge is 2.18. The van der Waals surface area contributed by atoms with E-state index in [1.54, 1.807) is 0 Å². The zero-order chi connectivity index (χ0) is 15.4. The van der Waals surface area contributed by atoms with E-state index in [-0.39, 0.29) is 12.1 Å². The van der Waals surface area contributed by atoms with Crippen LogP contribution in [0.4, 0.5) is 0 Å². The number of rotatable bonds is 5. The second kappa shape index (κ2) is 7.31. The van der Waals surface area contributed by atoms with Crippen LogP contribution in [0.25, 0.3) is 0 Å². The Balaban J connectivity index is 2.16. The molecule has 0 aliphatic carbocycles. The summed E-state index contributed by atoms with van der Waals surface area (Å²) >= 11 is 11.9. The van der Waals surface area contributed by atoms with E-state index in [0.717, 1.165) is 10.0 Å². The quantitative estimate of drug-likeness (QED) is 0.707. The van der Waals surface area contributed by atoms with Crippen molar-refractivity contribution in [3.63, 3.8) is 0 Å². The van der Waals surface area contributed by atoms with Crippen molar-refractivity contribution in [1.82, 2.24) is 5.32 Å². The summed E-state index contributed by atoms with van der Waals surface area (Å²) in [4.78, 5) is 0. The van der Waals surface area contributed by atoms with Gasteiger partial charge < -0.3 is 5.32 Å². The van der Waals surface area contributed by atoms with Crippen molar-refractivity contribution in [2.45, 2.75) is 32.9 Å². The summed E-state index contributed by atoms with van der Waals surface area (Å²) in [5.41, 5.74) is 2.49. The van der Waals surface area contributed by atoms with E-state index in [4.69, 9.17) is 23.2 Å². The molecule has 112 valence electrons. The Kier molecular flexibility index (Phi) is 5.69. The van der Waals surface area contributed by atoms with Gasteiger partial charge in [-0.2, -0.15) is 0 Å². The molecule has 0 fully saturated rings. The first-order chi connectivity index (χ1) is 9.97. The average Bonchev–Trinajstić information content (AvgIpc) is 2.46. The molecular formula is C18H21Cl2N. The van der Waals surface area contributed by atoms with Crippen LogP contribution in [0.5, 0.6) is 0 Å². The van der Waals surface area contributed by atoms with Gasteiger partial charge in [0.05, 0.1) is 0 Å². The molecule has 2 aromatic rings. The third-order valence-corrected chi connectivity index (χ3v) is 4.20. The van der Waals surface area contributed by atoms with Crippen LogP contribution in [0.15, 0.2) is 48.5 Å². The lowest BCUT2D eigenvalue weighted by Crippen LogP contribution is -2.28. The first-order valence-electron chi connectivity index (χ1n) is 7.24. The van der Waals surface area contributed by atoms with Gasteiger partial charge in [-0.15, -0.1) is 0 Å². The molecule has 0 radical (unpaired) electrons. The first kappa shape index (κ1) is 16.4. The lowest BCUT2D eigenvalue weighted by atomic mass is 9.94. The highest BCUT2D eigenvalue weighted by atomic mass is 35.5. The molecule has 1 nitrogen and oxygen atoms in total. The van der Waals surface area contributed by atoms with Crippen molar-refractivity contribution < 1.29 is 0 Å². The fraction of sp³-hybridized carbons (Fsp3) is 0.333. The summed E-state index contributed by atoms with van der Waals surface area (Å²) in [5.74, 6) is 0.487. The normalized spacial score (nSPS) is 14.2. The van der Waals surface area contributed by atoms with Crippen LogP contribution in [-0.2, 0) is 0 Å². The molecule has 0 heterocycles. The fourth-order valence-electron chi connectivity index (χ4n) is 2.46. The highest BCUT2D eigenvalue weighted by molar-refractivity contribution is 6.30. The minimum Gasteiger partial charge on any atom is -0.303 e. The van der Waals surface area contributed by atoms with Crippen LogP contribution < -0.4 is 5.32 Å². The zero-order valence-corrected chi connectivity index (χ0v) is 14.1. The molecular weight excluding hydrogens is 301 g/mol. The SMILES string of the molecule is CC(NC(c1ccc(Cl)cc1)C(C)C)c1ccc(Cl)cc1. The predicted octanol–water partition coefficient (Wildman–Crippen LogP) is 6.04. The Morgan fingerprint density at radius 2 is 1.14 bits per heavy atom. The summed E-state index contributed by atoms with van der Waals surface area (Å²) in [6, 6.07) is 16.6. The number of hydrogen-bond donors (Lipinski definition) is 1. The average molecular weight is 322 g/mol. The van der Waals surface area contributed by atoms with Gasteiger partial charge in [-0.3, -0.25) is 0 Å². The summed E-state index contributed by atoms with van der Waals surface area (Å²) < 4.78 is 0. The molecule has 2 aromatic carbocycles. The van der Waals surface area contributed by atoms with Crippen molar-refractivity contribution in [3.8, 4) is 0 Å². The third kappa shape index (κ3) is 4.47. The Bertz CT molecular complexity index is 561. The monoisotopic (exact) mass is 321 g/mol. The van der Waals surface area contributed by atoms with Gasteiger partial charge in [0.1, 0.15) is 0 Å². The van der Waals surface area contributed by atoms with E-state index in [1.165, 1.54) is 11.1 Å². The largest absolute Gasteiger partial charge is 0.303 e. The van der Waals surface area contributed by atoms with Crippen LogP contribution in [0.1, 0.15) is 44.0 Å². The molecule has 0 amide bonds. The number of hydrogen-bond acceptors (Lipinski definition) is 1. The van der Waals surface area contributed by atoms with E-state index in [9.17, 15) is 0 Å². The zero-order valence-electron chi connectivity index (χ0n) is 12.6. The van der Waals surface area contributed by atoms with Crippen molar-refractivity contribution in [1.29, 1.82) is 0 Å². The second-order valence-electron chi connectivity index (χ2n) is 5.71. The van der Waals surface area contributed by atoms with Gasteiger partial charge in [0.15, 0.2) is 0 Å². The van der Waals surface area contributed by atoms with Gasteiger partial charge in [0, 0.05) is 22.1 Å². The summed E-state index contributed by atoms with van der Waals surface area (Å²) in [6.45, 7) is 6.62. The van der Waals surface area contributed by atoms with Crippen molar-refractivity contribution in [2.24, 2.45) is 5.92 Å². The molecule has 0 saturated heterocycles. The van der Waals surface area contributed by atoms with E-state index >= 15 is 0 Å². The topological polar surface area (TPSA) is 12.0 Å². The van der Waals surface area contributed by atoms with E-state index in [0.29, 0.717) is 5.92 Å². The molecule has 0 aliphatic rings. The van der Waals surface area contributed by atoms with Crippen LogP contribution >= 0.6 is 23.2 Å². The Morgan fingerprint density at radius 3 is 1.57 bits per heavy atom. The molecule has 3 heteroatoms. The highest BCUT2D eigenvalue weighted by Crippen LogP contribution is 2.27. The minimum absolute atomic E-state index is 0.255. The van der Waals surface area contributed by atoms with Crippen LogP contribution in [0, 0.1) is 5.92 Å². The molecule has 0 spiro atoms. The first-order valence-corrected chi connectivity index (χ1v) is 8.00. The van der Waals surface area contributed by atoms with E-state index in [1.807, 2.05) is 24.3 Å². The predicted molar refractivity (Wildman–Crippen MR) is 92.0 cm³/mol. The molecule has 1 N–H and O–H groups in total. The lowest BCUT2D eigenvalue weighted by Gasteiger charge is -2.27. The number of benzene rings is 2. The van der Waals surface area contributed by atoms with Gasteiger partial charge in [0.2, 0.25) is 0 Å². The maximum Gasteiger partial charge on any atom is 0.0406 e. The van der Waals surface area contributed by atoms with E-state index in [2.05, 4.69) is 50.4 Å². The number of nitrogens with one attached hydrogen (secondary N) is 1. The lowest BCUT2D eigenvalue weighted by molar-refractivity contribution is 0.374. The van der Waals surface area contributed by atoms with Gasteiger partial charge in [-0.1, -0.05) is 61.3 Å². The Labute approximate surface area is 137 Å². The molecule has 2 atom stereocenters. The molecule has 0 aliphatic heterocycles. The number of halogens is 2. The molecule has 2 rings (SSSR count). The molecule has 0 bridgehead atoms. The van der Waals surface area contributed by atoms with Crippen LogP contribution in [-0.4, -0.2) is 0 Å². The molecule has 2 unspecified atom stereocenters. The second-order valence-corrected chi connectivity index (χ2v) is 6.59. The van der Waals surface area contributed by atoms with Gasteiger partial charge in [-0.05, 0) is 48.2 Å². The molecule has 0 aromatic heterocycles. The standard InChI is InChI=1S/C18H21Cl2N/c1-12(2)18(15-6-10-17(20)11-7-15)21-13(3)14-4-8-16(19)9-5-14/h4-13,18,21H,1-3H3. The third-order valence-electron chi connectivity index (χ3n) is 3.70. The van der Waals surface area contributed by atoms with Crippen molar-refractivity contribution in [2.75, 3.05) is 0 Å². The van der Waals surface area contributed by atoms with Crippen molar-refractivity contribution in [3.05, 3.63) is 69.7 Å². The maximum absolute atomic E-state index is 5.98. The summed E-state index contributed by atoms with van der Waals surface area (Å²) in [6.07, 6.45) is 0. The Hall–Kier alpha value is -1.02. The van der Waals surface area contributed by atoms with Gasteiger partial charge >= 0.3 is 0 Å². The minimum atomic E-state index is 0.255. The maximum atomic E-state index is 5.98. The Morgan fingerprint density at radius 1 is 0.714 bits per heavy atom. The van der Waals surface area contributed by atoms with Crippen LogP contribution in [0.3, 0.4) is 0 Å². The van der Waals surface area contributed by atoms with Crippen molar-refractivity contribution >= 4 is 23.2 Å². The van der Waals surface area contributed by atoms with E-state index < -0.39 is 0 Å². The fourth-order valence-corrected chi connectivity index (χ4v) is 2.71. The van der Waals surface area contributed by atoms with Crippen LogP contribution in [0.2, 0.25) is 10.0 Å². The smallest absolute Gasteiger partial charge is 0.0406 e. The summed E-state index contributed by atoms with van der Waals surface area (Å²) in [7, 11) is 0. The molecule has 0 saturated carbocycles.